The van der Waals surface area contributed by atoms with Gasteiger partial charge in [-0.05, 0) is 24.6 Å². The Labute approximate surface area is 119 Å². The van der Waals surface area contributed by atoms with Crippen molar-refractivity contribution < 1.29 is 13.2 Å². The van der Waals surface area contributed by atoms with E-state index in [0.29, 0.717) is 12.1 Å². The first-order chi connectivity index (χ1) is 9.82. The van der Waals surface area contributed by atoms with E-state index in [-0.39, 0.29) is 12.2 Å². The van der Waals surface area contributed by atoms with Crippen LogP contribution in [0.1, 0.15) is 24.1 Å². The molecule has 21 heavy (non-hydrogen) atoms. The highest BCUT2D eigenvalue weighted by Crippen LogP contribution is 2.30. The number of rotatable bonds is 4. The van der Waals surface area contributed by atoms with E-state index in [0.717, 1.165) is 12.1 Å². The van der Waals surface area contributed by atoms with E-state index < -0.39 is 17.8 Å². The SMILES string of the molecule is CCn1ccn(CC(N)c2cccc(C(F)(F)F)c2)c1=O. The third kappa shape index (κ3) is 3.36. The Morgan fingerprint density at radius 1 is 1.24 bits per heavy atom. The molecule has 0 saturated carbocycles. The van der Waals surface area contributed by atoms with Gasteiger partial charge in [0.1, 0.15) is 0 Å². The fraction of sp³-hybridized carbons (Fsp3) is 0.357. The van der Waals surface area contributed by atoms with E-state index in [1.807, 2.05) is 6.92 Å². The van der Waals surface area contributed by atoms with Gasteiger partial charge in [0, 0.05) is 31.5 Å². The van der Waals surface area contributed by atoms with Crippen molar-refractivity contribution in [3.63, 3.8) is 0 Å². The van der Waals surface area contributed by atoms with Gasteiger partial charge in [0.15, 0.2) is 0 Å². The summed E-state index contributed by atoms with van der Waals surface area (Å²) >= 11 is 0. The summed E-state index contributed by atoms with van der Waals surface area (Å²) in [4.78, 5) is 11.9. The Morgan fingerprint density at radius 2 is 1.90 bits per heavy atom. The van der Waals surface area contributed by atoms with Crippen molar-refractivity contribution in [3.8, 4) is 0 Å². The molecule has 0 aliphatic heterocycles. The van der Waals surface area contributed by atoms with Crippen molar-refractivity contribution in [1.82, 2.24) is 9.13 Å². The Kier molecular flexibility index (Phi) is 4.22. The molecule has 114 valence electrons. The van der Waals surface area contributed by atoms with Gasteiger partial charge in [0.2, 0.25) is 0 Å². The Morgan fingerprint density at radius 3 is 2.48 bits per heavy atom. The summed E-state index contributed by atoms with van der Waals surface area (Å²) in [6, 6.07) is 4.18. The van der Waals surface area contributed by atoms with Crippen LogP contribution in [0.15, 0.2) is 41.5 Å². The van der Waals surface area contributed by atoms with Gasteiger partial charge < -0.3 is 5.73 Å². The van der Waals surface area contributed by atoms with E-state index in [9.17, 15) is 18.0 Å². The predicted molar refractivity (Wildman–Crippen MR) is 72.7 cm³/mol. The summed E-state index contributed by atoms with van der Waals surface area (Å²) in [6.45, 7) is 2.50. The average molecular weight is 299 g/mol. The van der Waals surface area contributed by atoms with Gasteiger partial charge in [-0.2, -0.15) is 13.2 Å². The maximum absolute atomic E-state index is 12.7. The van der Waals surface area contributed by atoms with Crippen LogP contribution in [0, 0.1) is 0 Å². The number of alkyl halides is 3. The van der Waals surface area contributed by atoms with Gasteiger partial charge in [-0.1, -0.05) is 12.1 Å². The second-order valence-corrected chi connectivity index (χ2v) is 4.75. The van der Waals surface area contributed by atoms with E-state index in [1.165, 1.54) is 21.3 Å². The Balaban J connectivity index is 2.22. The average Bonchev–Trinajstić information content (AvgIpc) is 2.79. The lowest BCUT2D eigenvalue weighted by Gasteiger charge is -2.14. The van der Waals surface area contributed by atoms with Crippen LogP contribution in [0.3, 0.4) is 0 Å². The summed E-state index contributed by atoms with van der Waals surface area (Å²) in [5.41, 5.74) is 5.31. The van der Waals surface area contributed by atoms with Crippen molar-refractivity contribution in [2.24, 2.45) is 5.73 Å². The van der Waals surface area contributed by atoms with Crippen LogP contribution < -0.4 is 11.4 Å². The maximum Gasteiger partial charge on any atom is 0.416 e. The second-order valence-electron chi connectivity index (χ2n) is 4.75. The molecule has 0 aliphatic carbocycles. The monoisotopic (exact) mass is 299 g/mol. The molecular formula is C14H16F3N3O. The lowest BCUT2D eigenvalue weighted by atomic mass is 10.0. The molecule has 2 rings (SSSR count). The number of imidazole rings is 1. The van der Waals surface area contributed by atoms with E-state index in [4.69, 9.17) is 5.73 Å². The van der Waals surface area contributed by atoms with Gasteiger partial charge in [0.25, 0.3) is 0 Å². The Bertz CT molecular complexity index is 673. The zero-order chi connectivity index (χ0) is 15.6. The molecule has 4 nitrogen and oxygen atoms in total. The quantitative estimate of drug-likeness (QED) is 0.942. The number of halogens is 3. The second kappa shape index (κ2) is 5.77. The molecule has 2 aromatic rings. The van der Waals surface area contributed by atoms with Crippen molar-refractivity contribution in [2.45, 2.75) is 32.2 Å². The Hall–Kier alpha value is -2.02. The lowest BCUT2D eigenvalue weighted by molar-refractivity contribution is -0.137. The minimum absolute atomic E-state index is 0.132. The van der Waals surface area contributed by atoms with Crippen molar-refractivity contribution in [2.75, 3.05) is 0 Å². The summed E-state index contributed by atoms with van der Waals surface area (Å²) in [5.74, 6) is 0. The molecular weight excluding hydrogens is 283 g/mol. The summed E-state index contributed by atoms with van der Waals surface area (Å²) in [6.07, 6.45) is -1.20. The first-order valence-electron chi connectivity index (χ1n) is 6.51. The summed E-state index contributed by atoms with van der Waals surface area (Å²) in [5, 5.41) is 0. The summed E-state index contributed by atoms with van der Waals surface area (Å²) < 4.78 is 40.9. The number of hydrogen-bond donors (Lipinski definition) is 1. The molecule has 1 aromatic carbocycles. The van der Waals surface area contributed by atoms with E-state index >= 15 is 0 Å². The van der Waals surface area contributed by atoms with E-state index in [1.54, 1.807) is 12.4 Å². The smallest absolute Gasteiger partial charge is 0.322 e. The van der Waals surface area contributed by atoms with Gasteiger partial charge in [-0.15, -0.1) is 0 Å². The van der Waals surface area contributed by atoms with Crippen LogP contribution in [0.4, 0.5) is 13.2 Å². The van der Waals surface area contributed by atoms with Gasteiger partial charge >= 0.3 is 11.9 Å². The van der Waals surface area contributed by atoms with Crippen LogP contribution in [0.2, 0.25) is 0 Å². The largest absolute Gasteiger partial charge is 0.416 e. The predicted octanol–water partition coefficient (Wildman–Crippen LogP) is 2.39. The van der Waals surface area contributed by atoms with Crippen LogP contribution >= 0.6 is 0 Å². The maximum atomic E-state index is 12.7. The molecule has 1 atom stereocenters. The topological polar surface area (TPSA) is 52.9 Å². The number of aryl methyl sites for hydroxylation is 1. The number of hydrogen-bond acceptors (Lipinski definition) is 2. The lowest BCUT2D eigenvalue weighted by Crippen LogP contribution is -2.28. The number of nitrogens with two attached hydrogens (primary N) is 1. The number of benzene rings is 1. The molecule has 0 bridgehead atoms. The molecule has 0 radical (unpaired) electrons. The summed E-state index contributed by atoms with van der Waals surface area (Å²) in [7, 11) is 0. The molecule has 0 fully saturated rings. The zero-order valence-electron chi connectivity index (χ0n) is 11.5. The highest BCUT2D eigenvalue weighted by molar-refractivity contribution is 5.27. The molecule has 7 heteroatoms. The molecule has 1 aromatic heterocycles. The minimum Gasteiger partial charge on any atom is -0.322 e. The fourth-order valence-electron chi connectivity index (χ4n) is 2.10. The highest BCUT2D eigenvalue weighted by atomic mass is 19.4. The third-order valence-electron chi connectivity index (χ3n) is 3.29. The van der Waals surface area contributed by atoms with Crippen LogP contribution in [0.25, 0.3) is 0 Å². The third-order valence-corrected chi connectivity index (χ3v) is 3.29. The molecule has 0 saturated heterocycles. The van der Waals surface area contributed by atoms with Gasteiger partial charge in [-0.25, -0.2) is 4.79 Å². The van der Waals surface area contributed by atoms with Gasteiger partial charge in [-0.3, -0.25) is 9.13 Å². The first-order valence-corrected chi connectivity index (χ1v) is 6.51. The molecule has 0 aliphatic rings. The number of nitrogens with zero attached hydrogens (tertiary/aromatic N) is 2. The van der Waals surface area contributed by atoms with Crippen molar-refractivity contribution in [1.29, 1.82) is 0 Å². The molecule has 1 unspecified atom stereocenters. The molecule has 2 N–H and O–H groups in total. The van der Waals surface area contributed by atoms with Crippen molar-refractivity contribution in [3.05, 3.63) is 58.3 Å². The molecule has 0 spiro atoms. The highest BCUT2D eigenvalue weighted by Gasteiger charge is 2.30. The standard InChI is InChI=1S/C14H16F3N3O/c1-2-19-6-7-20(13(19)21)9-12(18)10-4-3-5-11(8-10)14(15,16)17/h3-8,12H,2,9,18H2,1H3. The molecule has 0 amide bonds. The fourth-order valence-corrected chi connectivity index (χ4v) is 2.10. The minimum atomic E-state index is -4.40. The zero-order valence-corrected chi connectivity index (χ0v) is 11.5. The van der Waals surface area contributed by atoms with Crippen LogP contribution in [-0.4, -0.2) is 9.13 Å². The normalized spacial score (nSPS) is 13.4. The molecule has 1 heterocycles. The van der Waals surface area contributed by atoms with Gasteiger partial charge in [0.05, 0.1) is 5.56 Å². The van der Waals surface area contributed by atoms with Crippen LogP contribution in [-0.2, 0) is 19.3 Å². The number of aromatic nitrogens is 2. The van der Waals surface area contributed by atoms with Crippen molar-refractivity contribution >= 4 is 0 Å². The van der Waals surface area contributed by atoms with E-state index in [2.05, 4.69) is 0 Å². The van der Waals surface area contributed by atoms with Crippen LogP contribution in [0.5, 0.6) is 0 Å². The first kappa shape index (κ1) is 15.4.